The van der Waals surface area contributed by atoms with Crippen LogP contribution in [0, 0.1) is 0 Å². The number of aryl methyl sites for hydroxylation is 1. The van der Waals surface area contributed by atoms with Crippen molar-refractivity contribution in [2.75, 3.05) is 10.6 Å². The van der Waals surface area contributed by atoms with Gasteiger partial charge in [-0.15, -0.1) is 0 Å². The average molecular weight is 396 g/mol. The van der Waals surface area contributed by atoms with Crippen LogP contribution in [-0.4, -0.2) is 29.7 Å². The zero-order valence-electron chi connectivity index (χ0n) is 16.4. The number of aromatic nitrogens is 6. The van der Waals surface area contributed by atoms with Crippen LogP contribution in [-0.2, 0) is 13.6 Å². The molecule has 5 rings (SSSR count). The molecule has 0 saturated carbocycles. The Bertz CT molecular complexity index is 1270. The molecule has 0 atom stereocenters. The Morgan fingerprint density at radius 1 is 0.967 bits per heavy atom. The summed E-state index contributed by atoms with van der Waals surface area (Å²) in [4.78, 5) is 16.6. The van der Waals surface area contributed by atoms with Gasteiger partial charge in [0.2, 0.25) is 5.95 Å². The summed E-state index contributed by atoms with van der Waals surface area (Å²) in [5, 5.41) is 10.9. The number of rotatable bonds is 6. The van der Waals surface area contributed by atoms with Crippen LogP contribution >= 0.6 is 0 Å². The monoisotopic (exact) mass is 396 g/mol. The highest BCUT2D eigenvalue weighted by Crippen LogP contribution is 2.24. The van der Waals surface area contributed by atoms with Crippen LogP contribution in [0.5, 0.6) is 0 Å². The van der Waals surface area contributed by atoms with Gasteiger partial charge in [-0.2, -0.15) is 15.1 Å². The third-order valence-electron chi connectivity index (χ3n) is 4.76. The van der Waals surface area contributed by atoms with Crippen molar-refractivity contribution in [3.8, 4) is 11.1 Å². The Kier molecular flexibility index (Phi) is 4.57. The minimum absolute atomic E-state index is 0.497. The predicted molar refractivity (Wildman–Crippen MR) is 117 cm³/mol. The highest BCUT2D eigenvalue weighted by atomic mass is 15.2. The van der Waals surface area contributed by atoms with E-state index in [-0.39, 0.29) is 0 Å². The van der Waals surface area contributed by atoms with Gasteiger partial charge >= 0.3 is 0 Å². The fourth-order valence-electron chi connectivity index (χ4n) is 3.24. The molecule has 5 aromatic rings. The molecule has 3 heterocycles. The zero-order chi connectivity index (χ0) is 20.3. The van der Waals surface area contributed by atoms with Crippen LogP contribution in [0.2, 0.25) is 0 Å². The van der Waals surface area contributed by atoms with E-state index in [0.29, 0.717) is 29.5 Å². The molecule has 0 spiro atoms. The maximum atomic E-state index is 4.64. The second-order valence-electron chi connectivity index (χ2n) is 6.94. The van der Waals surface area contributed by atoms with Crippen molar-refractivity contribution < 1.29 is 0 Å². The van der Waals surface area contributed by atoms with Crippen LogP contribution in [0.3, 0.4) is 0 Å². The maximum Gasteiger partial charge on any atom is 0.231 e. The van der Waals surface area contributed by atoms with E-state index in [9.17, 15) is 0 Å². The van der Waals surface area contributed by atoms with Gasteiger partial charge < -0.3 is 15.6 Å². The molecule has 0 aliphatic heterocycles. The molecule has 8 nitrogen and oxygen atoms in total. The first-order valence-corrected chi connectivity index (χ1v) is 9.60. The van der Waals surface area contributed by atoms with Gasteiger partial charge in [-0.3, -0.25) is 4.68 Å². The lowest BCUT2D eigenvalue weighted by atomic mass is 10.1. The summed E-state index contributed by atoms with van der Waals surface area (Å²) >= 11 is 0. The Balaban J connectivity index is 1.37. The lowest BCUT2D eigenvalue weighted by Gasteiger charge is -2.10. The summed E-state index contributed by atoms with van der Waals surface area (Å²) in [7, 11) is 1.91. The van der Waals surface area contributed by atoms with E-state index in [4.69, 9.17) is 0 Å². The molecule has 0 unspecified atom stereocenters. The normalized spacial score (nSPS) is 11.0. The topological polar surface area (TPSA) is 96.3 Å². The molecular formula is C22H20N8. The Morgan fingerprint density at radius 3 is 2.57 bits per heavy atom. The minimum Gasteiger partial charge on any atom is -0.364 e. The van der Waals surface area contributed by atoms with Crippen LogP contribution in [0.4, 0.5) is 17.5 Å². The molecule has 148 valence electrons. The second-order valence-corrected chi connectivity index (χ2v) is 6.94. The summed E-state index contributed by atoms with van der Waals surface area (Å²) in [6.07, 6.45) is 5.46. The van der Waals surface area contributed by atoms with E-state index in [0.717, 1.165) is 16.8 Å². The lowest BCUT2D eigenvalue weighted by Crippen LogP contribution is -2.05. The highest BCUT2D eigenvalue weighted by molar-refractivity contribution is 5.84. The third kappa shape index (κ3) is 3.70. The maximum absolute atomic E-state index is 4.64. The number of hydrogen-bond donors (Lipinski definition) is 3. The van der Waals surface area contributed by atoms with Gasteiger partial charge in [0.15, 0.2) is 11.5 Å². The molecular weight excluding hydrogens is 376 g/mol. The fourth-order valence-corrected chi connectivity index (χ4v) is 3.24. The van der Waals surface area contributed by atoms with Gasteiger partial charge in [0.25, 0.3) is 0 Å². The molecule has 2 aromatic carbocycles. The SMILES string of the molecule is Cn1cc(-c2ccc(Nc3nc(NCc4ccccc4)c4nc[nH]c4n3)cc2)cn1. The van der Waals surface area contributed by atoms with E-state index in [1.54, 1.807) is 11.0 Å². The average Bonchev–Trinajstić information content (AvgIpc) is 3.42. The number of anilines is 3. The third-order valence-corrected chi connectivity index (χ3v) is 4.76. The molecule has 3 aromatic heterocycles. The van der Waals surface area contributed by atoms with Gasteiger partial charge in [-0.1, -0.05) is 42.5 Å². The molecule has 0 aliphatic rings. The van der Waals surface area contributed by atoms with Gasteiger partial charge in [-0.25, -0.2) is 4.98 Å². The largest absolute Gasteiger partial charge is 0.364 e. The molecule has 0 saturated heterocycles. The first-order valence-electron chi connectivity index (χ1n) is 9.60. The van der Waals surface area contributed by atoms with Crippen molar-refractivity contribution in [2.24, 2.45) is 7.05 Å². The van der Waals surface area contributed by atoms with E-state index in [1.165, 1.54) is 5.56 Å². The van der Waals surface area contributed by atoms with E-state index >= 15 is 0 Å². The minimum atomic E-state index is 0.497. The van der Waals surface area contributed by atoms with Crippen molar-refractivity contribution in [3.63, 3.8) is 0 Å². The first-order chi connectivity index (χ1) is 14.7. The van der Waals surface area contributed by atoms with Gasteiger partial charge in [0.1, 0.15) is 5.52 Å². The number of fused-ring (bicyclic) bond motifs is 1. The molecule has 30 heavy (non-hydrogen) atoms. The van der Waals surface area contributed by atoms with Crippen LogP contribution in [0.25, 0.3) is 22.3 Å². The number of H-pyrrole nitrogens is 1. The van der Waals surface area contributed by atoms with E-state index < -0.39 is 0 Å². The molecule has 0 aliphatic carbocycles. The molecule has 0 radical (unpaired) electrons. The first kappa shape index (κ1) is 17.9. The number of benzene rings is 2. The highest BCUT2D eigenvalue weighted by Gasteiger charge is 2.11. The summed E-state index contributed by atoms with van der Waals surface area (Å²) < 4.78 is 1.79. The van der Waals surface area contributed by atoms with Gasteiger partial charge in [0.05, 0.1) is 12.5 Å². The second kappa shape index (κ2) is 7.67. The zero-order valence-corrected chi connectivity index (χ0v) is 16.4. The van der Waals surface area contributed by atoms with Crippen LogP contribution < -0.4 is 10.6 Å². The quantitative estimate of drug-likeness (QED) is 0.400. The Hall–Kier alpha value is -4.20. The van der Waals surface area contributed by atoms with Crippen molar-refractivity contribution >= 4 is 28.6 Å². The van der Waals surface area contributed by atoms with Crippen molar-refractivity contribution in [3.05, 3.63) is 78.9 Å². The summed E-state index contributed by atoms with van der Waals surface area (Å²) in [5.74, 6) is 1.18. The Labute approximate surface area is 173 Å². The summed E-state index contributed by atoms with van der Waals surface area (Å²) in [5.41, 5.74) is 5.63. The number of aromatic amines is 1. The van der Waals surface area contributed by atoms with Crippen molar-refractivity contribution in [1.82, 2.24) is 29.7 Å². The van der Waals surface area contributed by atoms with Crippen LogP contribution in [0.1, 0.15) is 5.56 Å². The standard InChI is InChI=1S/C22H20N8/c1-30-13-17(12-26-30)16-7-9-18(10-8-16)27-22-28-20(19-21(29-22)25-14-24-19)23-11-15-5-3-2-4-6-15/h2-10,12-14H,11H2,1H3,(H3,23,24,25,27,28,29). The smallest absolute Gasteiger partial charge is 0.231 e. The summed E-state index contributed by atoms with van der Waals surface area (Å²) in [6, 6.07) is 18.3. The molecule has 8 heteroatoms. The number of nitrogens with one attached hydrogen (secondary N) is 3. The van der Waals surface area contributed by atoms with Crippen molar-refractivity contribution in [1.29, 1.82) is 0 Å². The number of nitrogens with zero attached hydrogens (tertiary/aromatic N) is 5. The number of imidazole rings is 1. The van der Waals surface area contributed by atoms with Gasteiger partial charge in [0, 0.05) is 31.0 Å². The van der Waals surface area contributed by atoms with Crippen LogP contribution in [0.15, 0.2) is 73.3 Å². The van der Waals surface area contributed by atoms with Gasteiger partial charge in [-0.05, 0) is 23.3 Å². The Morgan fingerprint density at radius 2 is 1.80 bits per heavy atom. The predicted octanol–water partition coefficient (Wildman–Crippen LogP) is 4.11. The molecule has 0 fully saturated rings. The van der Waals surface area contributed by atoms with Crippen molar-refractivity contribution in [2.45, 2.75) is 6.54 Å². The fraction of sp³-hybridized carbons (Fsp3) is 0.0909. The molecule has 0 bridgehead atoms. The molecule has 3 N–H and O–H groups in total. The summed E-state index contributed by atoms with van der Waals surface area (Å²) in [6.45, 7) is 0.652. The van der Waals surface area contributed by atoms with E-state index in [2.05, 4.69) is 47.8 Å². The van der Waals surface area contributed by atoms with E-state index in [1.807, 2.05) is 61.9 Å². The number of hydrogen-bond acceptors (Lipinski definition) is 6. The molecule has 0 amide bonds. The lowest BCUT2D eigenvalue weighted by molar-refractivity contribution is 0.768.